The standard InChI is InChI=1S/C13H17FN6O/c1-3-20(4-2)12-16-11(19-15)17-13(18-12)21-10-8-6-5-7-9(10)14/h5-8H,3-4,15H2,1-2H3,(H,16,17,18,19). The molecule has 8 heteroatoms. The highest BCUT2D eigenvalue weighted by Crippen LogP contribution is 2.23. The van der Waals surface area contributed by atoms with Crippen molar-refractivity contribution in [2.45, 2.75) is 13.8 Å². The van der Waals surface area contributed by atoms with Crippen LogP contribution >= 0.6 is 0 Å². The van der Waals surface area contributed by atoms with Gasteiger partial charge in [0.1, 0.15) is 0 Å². The Bertz CT molecular complexity index is 605. The molecule has 2 aromatic rings. The molecule has 0 fully saturated rings. The van der Waals surface area contributed by atoms with E-state index in [1.807, 2.05) is 18.7 Å². The second-order valence-corrected chi connectivity index (χ2v) is 4.09. The van der Waals surface area contributed by atoms with Crippen LogP contribution in [-0.4, -0.2) is 28.0 Å². The second kappa shape index (κ2) is 6.80. The maximum atomic E-state index is 13.6. The molecule has 2 rings (SSSR count). The van der Waals surface area contributed by atoms with Crippen LogP contribution in [0.3, 0.4) is 0 Å². The van der Waals surface area contributed by atoms with Gasteiger partial charge < -0.3 is 9.64 Å². The van der Waals surface area contributed by atoms with Crippen molar-refractivity contribution >= 4 is 11.9 Å². The average Bonchev–Trinajstić information content (AvgIpc) is 2.50. The molecular formula is C13H17FN6O. The van der Waals surface area contributed by atoms with Gasteiger partial charge in [0.15, 0.2) is 11.6 Å². The van der Waals surface area contributed by atoms with E-state index >= 15 is 0 Å². The van der Waals surface area contributed by atoms with Gasteiger partial charge in [-0.1, -0.05) is 12.1 Å². The highest BCUT2D eigenvalue weighted by atomic mass is 19.1. The number of para-hydroxylation sites is 1. The lowest BCUT2D eigenvalue weighted by Gasteiger charge is -2.19. The number of benzene rings is 1. The zero-order chi connectivity index (χ0) is 15.2. The van der Waals surface area contributed by atoms with Gasteiger partial charge in [-0.2, -0.15) is 15.0 Å². The highest BCUT2D eigenvalue weighted by Gasteiger charge is 2.13. The van der Waals surface area contributed by atoms with Gasteiger partial charge in [0.25, 0.3) is 0 Å². The van der Waals surface area contributed by atoms with Gasteiger partial charge in [0.2, 0.25) is 11.9 Å². The van der Waals surface area contributed by atoms with E-state index in [1.54, 1.807) is 12.1 Å². The third kappa shape index (κ3) is 3.54. The van der Waals surface area contributed by atoms with Crippen molar-refractivity contribution in [2.75, 3.05) is 23.4 Å². The molecule has 3 N–H and O–H groups in total. The number of ether oxygens (including phenoxy) is 1. The van der Waals surface area contributed by atoms with Crippen LogP contribution in [0.1, 0.15) is 13.8 Å². The summed E-state index contributed by atoms with van der Waals surface area (Å²) in [5.74, 6) is 5.45. The summed E-state index contributed by atoms with van der Waals surface area (Å²) in [7, 11) is 0. The minimum Gasteiger partial charge on any atom is -0.421 e. The van der Waals surface area contributed by atoms with Crippen molar-refractivity contribution in [1.29, 1.82) is 0 Å². The fourth-order valence-corrected chi connectivity index (χ4v) is 1.73. The first kappa shape index (κ1) is 14.9. The van der Waals surface area contributed by atoms with E-state index in [9.17, 15) is 4.39 Å². The third-order valence-electron chi connectivity index (χ3n) is 2.82. The van der Waals surface area contributed by atoms with E-state index in [-0.39, 0.29) is 17.7 Å². The quantitative estimate of drug-likeness (QED) is 0.621. The molecule has 0 spiro atoms. The molecule has 0 saturated carbocycles. The SMILES string of the molecule is CCN(CC)c1nc(NN)nc(Oc2ccccc2F)n1. The summed E-state index contributed by atoms with van der Waals surface area (Å²) in [4.78, 5) is 14.2. The number of hydrogen-bond acceptors (Lipinski definition) is 7. The monoisotopic (exact) mass is 292 g/mol. The summed E-state index contributed by atoms with van der Waals surface area (Å²) < 4.78 is 19.0. The molecule has 0 unspecified atom stereocenters. The lowest BCUT2D eigenvalue weighted by Crippen LogP contribution is -2.25. The Hall–Kier alpha value is -2.48. The van der Waals surface area contributed by atoms with Gasteiger partial charge >= 0.3 is 6.01 Å². The maximum Gasteiger partial charge on any atom is 0.328 e. The minimum atomic E-state index is -0.496. The zero-order valence-electron chi connectivity index (χ0n) is 11.9. The summed E-state index contributed by atoms with van der Waals surface area (Å²) in [6.07, 6.45) is 0. The van der Waals surface area contributed by atoms with E-state index < -0.39 is 5.82 Å². The molecule has 0 aliphatic rings. The van der Waals surface area contributed by atoms with Crippen LogP contribution in [-0.2, 0) is 0 Å². The van der Waals surface area contributed by atoms with Gasteiger partial charge in [0.05, 0.1) is 0 Å². The van der Waals surface area contributed by atoms with E-state index in [0.29, 0.717) is 19.0 Å². The lowest BCUT2D eigenvalue weighted by atomic mass is 10.3. The predicted octanol–water partition coefficient (Wildman–Crippen LogP) is 1.93. The fraction of sp³-hybridized carbons (Fsp3) is 0.308. The maximum absolute atomic E-state index is 13.6. The number of nitrogens with two attached hydrogens (primary N) is 1. The van der Waals surface area contributed by atoms with E-state index in [2.05, 4.69) is 20.4 Å². The van der Waals surface area contributed by atoms with Crippen LogP contribution in [0.4, 0.5) is 16.3 Å². The largest absolute Gasteiger partial charge is 0.421 e. The first-order valence-electron chi connectivity index (χ1n) is 6.58. The first-order chi connectivity index (χ1) is 10.2. The molecule has 0 saturated heterocycles. The Morgan fingerprint density at radius 2 is 1.90 bits per heavy atom. The Balaban J connectivity index is 2.35. The number of hydrogen-bond donors (Lipinski definition) is 2. The van der Waals surface area contributed by atoms with Crippen LogP contribution in [0.15, 0.2) is 24.3 Å². The van der Waals surface area contributed by atoms with Crippen molar-refractivity contribution in [1.82, 2.24) is 15.0 Å². The number of nitrogen functional groups attached to an aromatic ring is 1. The van der Waals surface area contributed by atoms with Crippen LogP contribution in [0, 0.1) is 5.82 Å². The van der Waals surface area contributed by atoms with Gasteiger partial charge in [-0.05, 0) is 26.0 Å². The number of hydrazine groups is 1. The summed E-state index contributed by atoms with van der Waals surface area (Å²) in [5, 5.41) is 0. The van der Waals surface area contributed by atoms with Gasteiger partial charge in [-0.25, -0.2) is 10.2 Å². The average molecular weight is 292 g/mol. The number of nitrogens with zero attached hydrogens (tertiary/aromatic N) is 4. The minimum absolute atomic E-state index is 0.0232. The fourth-order valence-electron chi connectivity index (χ4n) is 1.73. The topological polar surface area (TPSA) is 89.2 Å². The van der Waals surface area contributed by atoms with Gasteiger partial charge in [0, 0.05) is 13.1 Å². The molecule has 21 heavy (non-hydrogen) atoms. The Labute approximate surface area is 122 Å². The molecule has 0 radical (unpaired) electrons. The molecule has 0 aliphatic heterocycles. The summed E-state index contributed by atoms with van der Waals surface area (Å²) in [6, 6.07) is 6.00. The number of nitrogens with one attached hydrogen (secondary N) is 1. The van der Waals surface area contributed by atoms with E-state index in [1.165, 1.54) is 12.1 Å². The smallest absolute Gasteiger partial charge is 0.328 e. The summed E-state index contributed by atoms with van der Waals surface area (Å²) in [6.45, 7) is 5.37. The molecule has 1 aromatic carbocycles. The summed E-state index contributed by atoms with van der Waals surface area (Å²) in [5.41, 5.74) is 2.35. The number of halogens is 1. The Morgan fingerprint density at radius 3 is 2.52 bits per heavy atom. The van der Waals surface area contributed by atoms with Crippen LogP contribution < -0.4 is 20.9 Å². The predicted molar refractivity (Wildman–Crippen MR) is 77.7 cm³/mol. The highest BCUT2D eigenvalue weighted by molar-refractivity contribution is 5.38. The first-order valence-corrected chi connectivity index (χ1v) is 6.58. The van der Waals surface area contributed by atoms with Crippen LogP contribution in [0.5, 0.6) is 11.8 Å². The molecule has 112 valence electrons. The van der Waals surface area contributed by atoms with Crippen molar-refractivity contribution < 1.29 is 9.13 Å². The van der Waals surface area contributed by atoms with Crippen molar-refractivity contribution in [2.24, 2.45) is 5.84 Å². The van der Waals surface area contributed by atoms with Crippen LogP contribution in [0.2, 0.25) is 0 Å². The van der Waals surface area contributed by atoms with Gasteiger partial charge in [-0.3, -0.25) is 5.43 Å². The third-order valence-corrected chi connectivity index (χ3v) is 2.82. The summed E-state index contributed by atoms with van der Waals surface area (Å²) >= 11 is 0. The molecule has 1 aromatic heterocycles. The van der Waals surface area contributed by atoms with E-state index in [0.717, 1.165) is 0 Å². The Morgan fingerprint density at radius 1 is 1.19 bits per heavy atom. The van der Waals surface area contributed by atoms with E-state index in [4.69, 9.17) is 10.6 Å². The second-order valence-electron chi connectivity index (χ2n) is 4.09. The Kier molecular flexibility index (Phi) is 4.83. The normalized spacial score (nSPS) is 10.3. The lowest BCUT2D eigenvalue weighted by molar-refractivity contribution is 0.410. The van der Waals surface area contributed by atoms with Crippen molar-refractivity contribution in [3.05, 3.63) is 30.1 Å². The van der Waals surface area contributed by atoms with Crippen molar-refractivity contribution in [3.8, 4) is 11.8 Å². The molecular weight excluding hydrogens is 275 g/mol. The number of aromatic nitrogens is 3. The molecule has 0 amide bonds. The van der Waals surface area contributed by atoms with Gasteiger partial charge in [-0.15, -0.1) is 0 Å². The van der Waals surface area contributed by atoms with Crippen LogP contribution in [0.25, 0.3) is 0 Å². The molecule has 0 atom stereocenters. The molecule has 7 nitrogen and oxygen atoms in total. The zero-order valence-corrected chi connectivity index (χ0v) is 11.9. The molecule has 1 heterocycles. The number of rotatable bonds is 6. The molecule has 0 bridgehead atoms. The molecule has 0 aliphatic carbocycles. The van der Waals surface area contributed by atoms with Crippen molar-refractivity contribution in [3.63, 3.8) is 0 Å². The number of anilines is 2.